The van der Waals surface area contributed by atoms with Crippen LogP contribution in [-0.2, 0) is 5.92 Å². The molecule has 0 atom stereocenters. The molecule has 4 nitrogen and oxygen atoms in total. The second-order valence-electron chi connectivity index (χ2n) is 3.50. The highest BCUT2D eigenvalue weighted by atomic mass is 19.3. The van der Waals surface area contributed by atoms with Gasteiger partial charge in [0.1, 0.15) is 0 Å². The standard InChI is InChI=1S/C11H10F2N2O2/c1-7-4-8(5-14)2-3-9(7)11(12,13)6-15-10(16)17/h2-4,15H,6H2,1H3,(H,16,17). The topological polar surface area (TPSA) is 73.1 Å². The summed E-state index contributed by atoms with van der Waals surface area (Å²) in [5, 5.41) is 18.5. The number of benzene rings is 1. The van der Waals surface area contributed by atoms with Crippen molar-refractivity contribution in [2.24, 2.45) is 0 Å². The highest BCUT2D eigenvalue weighted by molar-refractivity contribution is 5.64. The van der Waals surface area contributed by atoms with Gasteiger partial charge in [0.15, 0.2) is 0 Å². The second kappa shape index (κ2) is 4.78. The Hall–Kier alpha value is -2.16. The number of nitriles is 1. The van der Waals surface area contributed by atoms with Crippen LogP contribution in [0.15, 0.2) is 18.2 Å². The quantitative estimate of drug-likeness (QED) is 0.850. The number of rotatable bonds is 3. The predicted molar refractivity (Wildman–Crippen MR) is 55.8 cm³/mol. The van der Waals surface area contributed by atoms with Crippen LogP contribution in [-0.4, -0.2) is 17.7 Å². The van der Waals surface area contributed by atoms with Gasteiger partial charge in [-0.1, -0.05) is 6.07 Å². The van der Waals surface area contributed by atoms with E-state index < -0.39 is 18.6 Å². The number of nitrogens with zero attached hydrogens (tertiary/aromatic N) is 1. The van der Waals surface area contributed by atoms with Gasteiger partial charge in [0.2, 0.25) is 0 Å². The number of amides is 1. The van der Waals surface area contributed by atoms with Crippen molar-refractivity contribution in [1.29, 1.82) is 5.26 Å². The van der Waals surface area contributed by atoms with Crippen LogP contribution in [0.1, 0.15) is 16.7 Å². The Balaban J connectivity index is 2.99. The molecule has 0 aliphatic heterocycles. The molecule has 1 amide bonds. The number of halogens is 2. The van der Waals surface area contributed by atoms with Crippen molar-refractivity contribution in [2.75, 3.05) is 6.54 Å². The van der Waals surface area contributed by atoms with Gasteiger partial charge in [0, 0.05) is 5.56 Å². The van der Waals surface area contributed by atoms with Gasteiger partial charge in [-0.15, -0.1) is 0 Å². The largest absolute Gasteiger partial charge is 0.465 e. The lowest BCUT2D eigenvalue weighted by Gasteiger charge is -2.18. The Labute approximate surface area is 96.5 Å². The lowest BCUT2D eigenvalue weighted by atomic mass is 10.0. The minimum Gasteiger partial charge on any atom is -0.465 e. The van der Waals surface area contributed by atoms with Crippen molar-refractivity contribution in [2.45, 2.75) is 12.8 Å². The number of carboxylic acid groups (broad SMARTS) is 1. The van der Waals surface area contributed by atoms with Crippen LogP contribution in [0.3, 0.4) is 0 Å². The SMILES string of the molecule is Cc1cc(C#N)ccc1C(F)(F)CNC(=O)O. The van der Waals surface area contributed by atoms with Gasteiger partial charge in [-0.3, -0.25) is 0 Å². The Morgan fingerprint density at radius 2 is 2.24 bits per heavy atom. The summed E-state index contributed by atoms with van der Waals surface area (Å²) in [5.41, 5.74) is 0.250. The van der Waals surface area contributed by atoms with Crippen molar-refractivity contribution in [3.63, 3.8) is 0 Å². The third-order valence-corrected chi connectivity index (χ3v) is 2.21. The van der Waals surface area contributed by atoms with Gasteiger partial charge in [-0.2, -0.15) is 14.0 Å². The summed E-state index contributed by atoms with van der Waals surface area (Å²) in [5.74, 6) is -3.30. The zero-order valence-electron chi connectivity index (χ0n) is 9.00. The minimum atomic E-state index is -3.30. The first-order valence-corrected chi connectivity index (χ1v) is 4.72. The number of hydrogen-bond donors (Lipinski definition) is 2. The smallest absolute Gasteiger partial charge is 0.404 e. The van der Waals surface area contributed by atoms with E-state index in [4.69, 9.17) is 10.4 Å². The van der Waals surface area contributed by atoms with E-state index >= 15 is 0 Å². The first kappa shape index (κ1) is 12.9. The molecule has 0 heterocycles. The minimum absolute atomic E-state index is 0.251. The summed E-state index contributed by atoms with van der Waals surface area (Å²) in [6, 6.07) is 5.59. The molecule has 1 aromatic carbocycles. The Morgan fingerprint density at radius 1 is 1.59 bits per heavy atom. The third-order valence-electron chi connectivity index (χ3n) is 2.21. The zero-order chi connectivity index (χ0) is 13.1. The number of aryl methyl sites for hydroxylation is 1. The summed E-state index contributed by atoms with van der Waals surface area (Å²) in [7, 11) is 0. The zero-order valence-corrected chi connectivity index (χ0v) is 9.00. The van der Waals surface area contributed by atoms with Crippen LogP contribution in [0.5, 0.6) is 0 Å². The molecule has 0 unspecified atom stereocenters. The molecule has 2 N–H and O–H groups in total. The fourth-order valence-electron chi connectivity index (χ4n) is 1.43. The van der Waals surface area contributed by atoms with Gasteiger partial charge in [0.05, 0.1) is 18.2 Å². The molecule has 0 spiro atoms. The van der Waals surface area contributed by atoms with Crippen LogP contribution in [0.4, 0.5) is 13.6 Å². The molecular formula is C11H10F2N2O2. The molecule has 0 fully saturated rings. The molecule has 0 aliphatic rings. The van der Waals surface area contributed by atoms with E-state index in [-0.39, 0.29) is 16.7 Å². The molecule has 6 heteroatoms. The normalized spacial score (nSPS) is 10.7. The first-order chi connectivity index (χ1) is 7.86. The number of nitrogens with one attached hydrogen (secondary N) is 1. The lowest BCUT2D eigenvalue weighted by Crippen LogP contribution is -2.34. The molecule has 1 rings (SSSR count). The Bertz CT molecular complexity index is 481. The summed E-state index contributed by atoms with van der Waals surface area (Å²) >= 11 is 0. The molecule has 17 heavy (non-hydrogen) atoms. The maximum absolute atomic E-state index is 13.6. The molecular weight excluding hydrogens is 230 g/mol. The first-order valence-electron chi connectivity index (χ1n) is 4.72. The van der Waals surface area contributed by atoms with Crippen LogP contribution < -0.4 is 5.32 Å². The van der Waals surface area contributed by atoms with E-state index in [1.54, 1.807) is 5.32 Å². The predicted octanol–water partition coefficient (Wildman–Crippen LogP) is 2.23. The van der Waals surface area contributed by atoms with Crippen molar-refractivity contribution >= 4 is 6.09 Å². The molecule has 0 radical (unpaired) electrons. The molecule has 0 saturated carbocycles. The van der Waals surface area contributed by atoms with Crippen LogP contribution in [0.2, 0.25) is 0 Å². The summed E-state index contributed by atoms with van der Waals surface area (Å²) in [6.45, 7) is 0.458. The van der Waals surface area contributed by atoms with E-state index in [0.29, 0.717) is 0 Å². The van der Waals surface area contributed by atoms with Crippen molar-refractivity contribution in [1.82, 2.24) is 5.32 Å². The number of carbonyl (C=O) groups is 1. The molecule has 0 bridgehead atoms. The van der Waals surface area contributed by atoms with Crippen LogP contribution in [0.25, 0.3) is 0 Å². The van der Waals surface area contributed by atoms with Crippen LogP contribution >= 0.6 is 0 Å². The van der Waals surface area contributed by atoms with Gasteiger partial charge >= 0.3 is 6.09 Å². The monoisotopic (exact) mass is 240 g/mol. The van der Waals surface area contributed by atoms with Crippen molar-refractivity contribution in [3.8, 4) is 6.07 Å². The van der Waals surface area contributed by atoms with E-state index in [9.17, 15) is 13.6 Å². The maximum atomic E-state index is 13.6. The van der Waals surface area contributed by atoms with Crippen LogP contribution in [0, 0.1) is 18.3 Å². The molecule has 0 aromatic heterocycles. The van der Waals surface area contributed by atoms with E-state index in [1.807, 2.05) is 6.07 Å². The highest BCUT2D eigenvalue weighted by Gasteiger charge is 2.33. The lowest BCUT2D eigenvalue weighted by molar-refractivity contribution is -0.00279. The van der Waals surface area contributed by atoms with E-state index in [0.717, 1.165) is 6.07 Å². The fourth-order valence-corrected chi connectivity index (χ4v) is 1.43. The third kappa shape index (κ3) is 3.14. The maximum Gasteiger partial charge on any atom is 0.404 e. The van der Waals surface area contributed by atoms with Crippen molar-refractivity contribution in [3.05, 3.63) is 34.9 Å². The molecule has 0 aliphatic carbocycles. The summed E-state index contributed by atoms with van der Waals surface area (Å²) < 4.78 is 27.2. The Morgan fingerprint density at radius 3 is 2.71 bits per heavy atom. The van der Waals surface area contributed by atoms with Gasteiger partial charge in [-0.05, 0) is 24.6 Å². The average molecular weight is 240 g/mol. The fraction of sp³-hybridized carbons (Fsp3) is 0.273. The molecule has 90 valence electrons. The van der Waals surface area contributed by atoms with Crippen molar-refractivity contribution < 1.29 is 18.7 Å². The number of hydrogen-bond acceptors (Lipinski definition) is 2. The van der Waals surface area contributed by atoms with Gasteiger partial charge < -0.3 is 10.4 Å². The van der Waals surface area contributed by atoms with E-state index in [2.05, 4.69) is 0 Å². The summed E-state index contributed by atoms with van der Waals surface area (Å²) in [4.78, 5) is 10.2. The molecule has 1 aromatic rings. The average Bonchev–Trinajstić information content (AvgIpc) is 2.26. The highest BCUT2D eigenvalue weighted by Crippen LogP contribution is 2.30. The summed E-state index contributed by atoms with van der Waals surface area (Å²) in [6.07, 6.45) is -1.50. The van der Waals surface area contributed by atoms with Gasteiger partial charge in [-0.25, -0.2) is 4.79 Å². The van der Waals surface area contributed by atoms with E-state index in [1.165, 1.54) is 19.1 Å². The number of alkyl halides is 2. The van der Waals surface area contributed by atoms with Gasteiger partial charge in [0.25, 0.3) is 5.92 Å². The molecule has 0 saturated heterocycles. The second-order valence-corrected chi connectivity index (χ2v) is 3.50. The Kier molecular flexibility index (Phi) is 3.63.